The topological polar surface area (TPSA) is 58.6 Å². The maximum Gasteiger partial charge on any atom is 0.409 e. The fraction of sp³-hybridized carbons (Fsp3) is 0.889. The molecule has 0 spiro atoms. The summed E-state index contributed by atoms with van der Waals surface area (Å²) in [4.78, 5) is 10.9. The van der Waals surface area contributed by atoms with Crippen molar-refractivity contribution in [3.05, 3.63) is 0 Å². The van der Waals surface area contributed by atoms with Crippen molar-refractivity contribution in [2.45, 2.75) is 45.8 Å². The Labute approximate surface area is 79.3 Å². The predicted octanol–water partition coefficient (Wildman–Crippen LogP) is 1.63. The van der Waals surface area contributed by atoms with E-state index in [2.05, 4.69) is 5.32 Å². The lowest BCUT2D eigenvalue weighted by Crippen LogP contribution is -2.35. The standard InChI is InChI=1S/C9H19NO3/c1-3-5-7-13-9(12)10-8(11)6-4-2/h8,11H,3-7H2,1-2H3,(H,10,12). The predicted molar refractivity (Wildman–Crippen MR) is 50.3 cm³/mol. The van der Waals surface area contributed by atoms with Crippen LogP contribution in [0.2, 0.25) is 0 Å². The van der Waals surface area contributed by atoms with Crippen molar-refractivity contribution in [2.75, 3.05) is 6.61 Å². The molecule has 0 aliphatic rings. The fourth-order valence-electron chi connectivity index (χ4n) is 0.833. The van der Waals surface area contributed by atoms with E-state index >= 15 is 0 Å². The third kappa shape index (κ3) is 7.59. The Bertz CT molecular complexity index is 139. The molecule has 0 radical (unpaired) electrons. The minimum absolute atomic E-state index is 0.418. The molecule has 0 aromatic carbocycles. The van der Waals surface area contributed by atoms with Crippen molar-refractivity contribution in [1.82, 2.24) is 5.32 Å². The Balaban J connectivity index is 3.38. The second-order valence-corrected chi connectivity index (χ2v) is 2.94. The van der Waals surface area contributed by atoms with Crippen molar-refractivity contribution in [3.63, 3.8) is 0 Å². The van der Waals surface area contributed by atoms with E-state index in [4.69, 9.17) is 9.84 Å². The summed E-state index contributed by atoms with van der Waals surface area (Å²) < 4.78 is 4.79. The molecule has 1 amide bonds. The van der Waals surface area contributed by atoms with Gasteiger partial charge in [-0.1, -0.05) is 26.7 Å². The fourth-order valence-corrected chi connectivity index (χ4v) is 0.833. The molecule has 0 bridgehead atoms. The number of hydrogen-bond donors (Lipinski definition) is 2. The molecule has 0 rings (SSSR count). The lowest BCUT2D eigenvalue weighted by molar-refractivity contribution is 0.0931. The van der Waals surface area contributed by atoms with E-state index in [-0.39, 0.29) is 0 Å². The normalized spacial score (nSPS) is 12.2. The number of aliphatic hydroxyl groups excluding tert-OH is 1. The molecule has 0 heterocycles. The molecule has 4 nitrogen and oxygen atoms in total. The van der Waals surface area contributed by atoms with E-state index in [1.165, 1.54) is 0 Å². The van der Waals surface area contributed by atoms with Gasteiger partial charge in [-0.2, -0.15) is 0 Å². The Morgan fingerprint density at radius 1 is 1.46 bits per heavy atom. The van der Waals surface area contributed by atoms with Gasteiger partial charge in [-0.3, -0.25) is 5.32 Å². The molecule has 0 aliphatic carbocycles. The van der Waals surface area contributed by atoms with Crippen LogP contribution in [0.25, 0.3) is 0 Å². The summed E-state index contributed by atoms with van der Waals surface area (Å²) in [5, 5.41) is 11.5. The number of ether oxygens (including phenoxy) is 1. The number of carbonyl (C=O) groups excluding carboxylic acids is 1. The molecule has 1 unspecified atom stereocenters. The summed E-state index contributed by atoms with van der Waals surface area (Å²) in [5.74, 6) is 0. The second-order valence-electron chi connectivity index (χ2n) is 2.94. The van der Waals surface area contributed by atoms with Crippen LogP contribution in [-0.2, 0) is 4.74 Å². The van der Waals surface area contributed by atoms with Crippen molar-refractivity contribution in [3.8, 4) is 0 Å². The van der Waals surface area contributed by atoms with Crippen LogP contribution < -0.4 is 5.32 Å². The van der Waals surface area contributed by atoms with Gasteiger partial charge in [-0.25, -0.2) is 4.79 Å². The number of rotatable bonds is 6. The molecule has 78 valence electrons. The van der Waals surface area contributed by atoms with Gasteiger partial charge in [-0.05, 0) is 12.8 Å². The number of carbonyl (C=O) groups is 1. The number of aliphatic hydroxyl groups is 1. The van der Waals surface area contributed by atoms with Crippen molar-refractivity contribution in [2.24, 2.45) is 0 Å². The second kappa shape index (κ2) is 7.86. The van der Waals surface area contributed by atoms with E-state index in [0.717, 1.165) is 19.3 Å². The zero-order valence-electron chi connectivity index (χ0n) is 8.38. The summed E-state index contributed by atoms with van der Waals surface area (Å²) >= 11 is 0. The van der Waals surface area contributed by atoms with Crippen LogP contribution in [0.5, 0.6) is 0 Å². The van der Waals surface area contributed by atoms with Gasteiger partial charge >= 0.3 is 6.09 Å². The van der Waals surface area contributed by atoms with Crippen molar-refractivity contribution in [1.29, 1.82) is 0 Å². The van der Waals surface area contributed by atoms with E-state index in [1.54, 1.807) is 0 Å². The van der Waals surface area contributed by atoms with Gasteiger partial charge in [0.15, 0.2) is 0 Å². The summed E-state index contributed by atoms with van der Waals surface area (Å²) in [6.45, 7) is 4.38. The van der Waals surface area contributed by atoms with Crippen LogP contribution in [0, 0.1) is 0 Å². The number of nitrogens with one attached hydrogen (secondary N) is 1. The Morgan fingerprint density at radius 2 is 2.15 bits per heavy atom. The first-order chi connectivity index (χ1) is 6.20. The highest BCUT2D eigenvalue weighted by Crippen LogP contribution is 1.93. The molecule has 0 saturated heterocycles. The first kappa shape index (κ1) is 12.2. The van der Waals surface area contributed by atoms with E-state index in [1.807, 2.05) is 13.8 Å². The first-order valence-electron chi connectivity index (χ1n) is 4.82. The zero-order chi connectivity index (χ0) is 10.1. The van der Waals surface area contributed by atoms with Gasteiger partial charge in [0.25, 0.3) is 0 Å². The molecule has 1 atom stereocenters. The number of amides is 1. The molecule has 4 heteroatoms. The van der Waals surface area contributed by atoms with Gasteiger partial charge in [0.1, 0.15) is 6.23 Å². The highest BCUT2D eigenvalue weighted by atomic mass is 16.5. The van der Waals surface area contributed by atoms with Crippen LogP contribution >= 0.6 is 0 Å². The van der Waals surface area contributed by atoms with Crippen LogP contribution in [0.15, 0.2) is 0 Å². The molecule has 13 heavy (non-hydrogen) atoms. The highest BCUT2D eigenvalue weighted by Gasteiger charge is 2.07. The van der Waals surface area contributed by atoms with Gasteiger partial charge in [0.05, 0.1) is 6.61 Å². The SMILES string of the molecule is CCCCOC(=O)NC(O)CCC. The molecule has 2 N–H and O–H groups in total. The maximum absolute atomic E-state index is 10.9. The van der Waals surface area contributed by atoms with Crippen LogP contribution in [0.4, 0.5) is 4.79 Å². The number of unbranched alkanes of at least 4 members (excludes halogenated alkanes) is 1. The zero-order valence-corrected chi connectivity index (χ0v) is 8.38. The third-order valence-electron chi connectivity index (χ3n) is 1.58. The molecule has 0 aliphatic heterocycles. The summed E-state index contributed by atoms with van der Waals surface area (Å²) in [5.41, 5.74) is 0. The average molecular weight is 189 g/mol. The minimum atomic E-state index is -0.779. The monoisotopic (exact) mass is 189 g/mol. The molecular formula is C9H19NO3. The Kier molecular flexibility index (Phi) is 7.39. The van der Waals surface area contributed by atoms with Crippen LogP contribution in [-0.4, -0.2) is 24.0 Å². The van der Waals surface area contributed by atoms with Gasteiger partial charge < -0.3 is 9.84 Å². The Hall–Kier alpha value is -0.770. The van der Waals surface area contributed by atoms with Crippen molar-refractivity contribution >= 4 is 6.09 Å². The third-order valence-corrected chi connectivity index (χ3v) is 1.58. The molecule has 0 saturated carbocycles. The van der Waals surface area contributed by atoms with Gasteiger partial charge in [0.2, 0.25) is 0 Å². The number of hydrogen-bond acceptors (Lipinski definition) is 3. The molecule has 0 aromatic rings. The van der Waals surface area contributed by atoms with Crippen LogP contribution in [0.1, 0.15) is 39.5 Å². The van der Waals surface area contributed by atoms with Gasteiger partial charge in [0, 0.05) is 0 Å². The highest BCUT2D eigenvalue weighted by molar-refractivity contribution is 5.67. The summed E-state index contributed by atoms with van der Waals surface area (Å²) in [7, 11) is 0. The lowest BCUT2D eigenvalue weighted by Gasteiger charge is -2.11. The molecular weight excluding hydrogens is 170 g/mol. The first-order valence-corrected chi connectivity index (χ1v) is 4.82. The Morgan fingerprint density at radius 3 is 2.69 bits per heavy atom. The molecule has 0 aromatic heterocycles. The maximum atomic E-state index is 10.9. The average Bonchev–Trinajstić information content (AvgIpc) is 2.05. The summed E-state index contributed by atoms with van der Waals surface area (Å²) in [6, 6.07) is 0. The smallest absolute Gasteiger partial charge is 0.409 e. The largest absolute Gasteiger partial charge is 0.450 e. The molecule has 0 fully saturated rings. The number of alkyl carbamates (subject to hydrolysis) is 1. The summed E-state index contributed by atoms with van der Waals surface area (Å²) in [6.07, 6.45) is 1.93. The lowest BCUT2D eigenvalue weighted by atomic mass is 10.3. The van der Waals surface area contributed by atoms with Crippen molar-refractivity contribution < 1.29 is 14.6 Å². The van der Waals surface area contributed by atoms with Crippen LogP contribution in [0.3, 0.4) is 0 Å². The van der Waals surface area contributed by atoms with E-state index < -0.39 is 12.3 Å². The van der Waals surface area contributed by atoms with E-state index in [0.29, 0.717) is 13.0 Å². The quantitative estimate of drug-likeness (QED) is 0.493. The minimum Gasteiger partial charge on any atom is -0.450 e. The van der Waals surface area contributed by atoms with E-state index in [9.17, 15) is 4.79 Å². The van der Waals surface area contributed by atoms with Gasteiger partial charge in [-0.15, -0.1) is 0 Å².